The van der Waals surface area contributed by atoms with Gasteiger partial charge in [-0.25, -0.2) is 0 Å². The maximum atomic E-state index is 10.5. The Morgan fingerprint density at radius 3 is 2.93 bits per heavy atom. The molecule has 0 aliphatic carbocycles. The van der Waals surface area contributed by atoms with E-state index in [2.05, 4.69) is 0 Å². The van der Waals surface area contributed by atoms with Gasteiger partial charge in [0.25, 0.3) is 0 Å². The van der Waals surface area contributed by atoms with E-state index in [0.29, 0.717) is 35.8 Å². The molecule has 0 aliphatic heterocycles. The molecule has 0 saturated carbocycles. The molecule has 0 aromatic heterocycles. The summed E-state index contributed by atoms with van der Waals surface area (Å²) in [6.07, 6.45) is 0.875. The lowest BCUT2D eigenvalue weighted by Crippen LogP contribution is -2.11. The second-order valence-corrected chi connectivity index (χ2v) is 3.52. The first-order chi connectivity index (χ1) is 7.09. The molecule has 2 radical (unpaired) electrons. The molecular weight excluding hydrogens is 214 g/mol. The molecule has 0 fully saturated rings. The van der Waals surface area contributed by atoms with Gasteiger partial charge in [-0.2, -0.15) is 0 Å². The molecule has 15 heavy (non-hydrogen) atoms. The first-order valence-electron chi connectivity index (χ1n) is 4.55. The van der Waals surface area contributed by atoms with Gasteiger partial charge in [-0.15, -0.1) is 0 Å². The van der Waals surface area contributed by atoms with E-state index in [-0.39, 0.29) is 5.91 Å². The Balaban J connectivity index is 2.43. The van der Waals surface area contributed by atoms with Gasteiger partial charge in [-0.1, -0.05) is 17.7 Å². The van der Waals surface area contributed by atoms with Crippen molar-refractivity contribution >= 4 is 17.5 Å². The lowest BCUT2D eigenvalue weighted by atomic mass is 10.2. The number of ether oxygens (including phenoxy) is 1. The average Bonchev–Trinajstić information content (AvgIpc) is 2.17. The van der Waals surface area contributed by atoms with Gasteiger partial charge in [0.1, 0.15) is 5.75 Å². The highest BCUT2D eigenvalue weighted by molar-refractivity contribution is 6.32. The van der Waals surface area contributed by atoms with Crippen LogP contribution < -0.4 is 10.5 Å². The molecule has 0 aliphatic rings. The zero-order valence-electron chi connectivity index (χ0n) is 8.20. The number of primary amides is 1. The average molecular weight is 226 g/mol. The van der Waals surface area contributed by atoms with Crippen LogP contribution in [-0.4, -0.2) is 12.5 Å². The molecule has 3 nitrogen and oxygen atoms in total. The van der Waals surface area contributed by atoms with E-state index in [1.807, 2.05) is 0 Å². The largest absolute Gasteiger partial charge is 0.492 e. The van der Waals surface area contributed by atoms with Gasteiger partial charge in [0.15, 0.2) is 0 Å². The van der Waals surface area contributed by atoms with Crippen LogP contribution in [0.4, 0.5) is 0 Å². The van der Waals surface area contributed by atoms with Crippen LogP contribution in [0.1, 0.15) is 18.4 Å². The summed E-state index contributed by atoms with van der Waals surface area (Å²) in [4.78, 5) is 10.5. The Morgan fingerprint density at radius 1 is 1.53 bits per heavy atom. The predicted molar refractivity (Wildman–Crippen MR) is 58.8 cm³/mol. The van der Waals surface area contributed by atoms with Crippen molar-refractivity contribution in [2.45, 2.75) is 12.8 Å². The number of rotatable bonds is 5. The zero-order valence-corrected chi connectivity index (χ0v) is 8.96. The third-order valence-corrected chi connectivity index (χ3v) is 2.09. The minimum absolute atomic E-state index is 0.305. The van der Waals surface area contributed by atoms with Crippen molar-refractivity contribution in [3.63, 3.8) is 0 Å². The molecule has 0 bridgehead atoms. The number of nitrogens with two attached hydrogens (primary N) is 1. The molecule has 1 rings (SSSR count). The highest BCUT2D eigenvalue weighted by Crippen LogP contribution is 2.25. The highest BCUT2D eigenvalue weighted by Gasteiger charge is 2.02. The van der Waals surface area contributed by atoms with Crippen LogP contribution in [0.25, 0.3) is 0 Å². The summed E-state index contributed by atoms with van der Waals surface area (Å²) in [7, 11) is 0. The Kier molecular flexibility index (Phi) is 4.43. The van der Waals surface area contributed by atoms with Crippen molar-refractivity contribution in [1.29, 1.82) is 0 Å². The molecule has 80 valence electrons. The van der Waals surface area contributed by atoms with E-state index in [1.165, 1.54) is 0 Å². The number of carbonyl (C=O) groups is 1. The maximum absolute atomic E-state index is 10.5. The first kappa shape index (κ1) is 11.9. The summed E-state index contributed by atoms with van der Waals surface area (Å²) in [5.74, 6) is 0.193. The van der Waals surface area contributed by atoms with Crippen molar-refractivity contribution < 1.29 is 9.53 Å². The Labute approximate surface area is 94.2 Å². The van der Waals surface area contributed by atoms with Crippen molar-refractivity contribution in [3.8, 4) is 5.75 Å². The van der Waals surface area contributed by atoms with Gasteiger partial charge in [0.05, 0.1) is 11.6 Å². The van der Waals surface area contributed by atoms with Gasteiger partial charge in [-0.05, 0) is 31.0 Å². The predicted octanol–water partition coefficient (Wildman–Crippen LogP) is 2.04. The van der Waals surface area contributed by atoms with Crippen LogP contribution in [0.2, 0.25) is 5.02 Å². The number of hydrogen-bond acceptors (Lipinski definition) is 2. The molecule has 1 aromatic carbocycles. The van der Waals surface area contributed by atoms with Gasteiger partial charge in [0, 0.05) is 6.42 Å². The third kappa shape index (κ3) is 4.21. The summed E-state index contributed by atoms with van der Waals surface area (Å²) in [6.45, 7) is 5.96. The van der Waals surface area contributed by atoms with Crippen LogP contribution >= 0.6 is 11.6 Å². The smallest absolute Gasteiger partial charge is 0.217 e. The molecule has 0 atom stereocenters. The minimum atomic E-state index is -0.336. The second kappa shape index (κ2) is 5.61. The summed E-state index contributed by atoms with van der Waals surface area (Å²) in [6, 6.07) is 5.01. The van der Waals surface area contributed by atoms with Crippen LogP contribution in [0.3, 0.4) is 0 Å². The van der Waals surface area contributed by atoms with E-state index < -0.39 is 0 Å². The lowest BCUT2D eigenvalue weighted by Gasteiger charge is -2.07. The Morgan fingerprint density at radius 2 is 2.27 bits per heavy atom. The van der Waals surface area contributed by atoms with Crippen molar-refractivity contribution in [2.24, 2.45) is 5.73 Å². The number of benzene rings is 1. The molecule has 1 aromatic rings. The topological polar surface area (TPSA) is 52.3 Å². The summed E-state index contributed by atoms with van der Waals surface area (Å²) in [5, 5.41) is 0.503. The first-order valence-corrected chi connectivity index (χ1v) is 4.93. The third-order valence-electron chi connectivity index (χ3n) is 1.78. The highest BCUT2D eigenvalue weighted by atomic mass is 35.5. The fraction of sp³-hybridized carbons (Fsp3) is 0.273. The Hall–Kier alpha value is -1.22. The van der Waals surface area contributed by atoms with Gasteiger partial charge < -0.3 is 10.5 Å². The van der Waals surface area contributed by atoms with E-state index in [1.54, 1.807) is 18.2 Å². The number of halogens is 1. The molecule has 0 saturated heterocycles. The van der Waals surface area contributed by atoms with E-state index in [4.69, 9.17) is 29.0 Å². The number of carbonyl (C=O) groups excluding carboxylic acids is 1. The van der Waals surface area contributed by atoms with Gasteiger partial charge >= 0.3 is 0 Å². The van der Waals surface area contributed by atoms with Crippen molar-refractivity contribution in [1.82, 2.24) is 0 Å². The Bertz CT molecular complexity index is 352. The van der Waals surface area contributed by atoms with E-state index >= 15 is 0 Å². The van der Waals surface area contributed by atoms with Crippen LogP contribution in [0.15, 0.2) is 18.2 Å². The number of hydrogen-bond donors (Lipinski definition) is 1. The lowest BCUT2D eigenvalue weighted by molar-refractivity contribution is -0.118. The standard InChI is InChI=1S/C11H12ClNO2/c1-8-4-5-9(12)10(7-8)15-6-2-3-11(13)14/h1,4-5,7H,2-3,6H2,(H2,13,14). The maximum Gasteiger partial charge on any atom is 0.217 e. The zero-order chi connectivity index (χ0) is 11.3. The monoisotopic (exact) mass is 225 g/mol. The normalized spacial score (nSPS) is 10.0. The van der Waals surface area contributed by atoms with Gasteiger partial charge in [0.2, 0.25) is 5.91 Å². The van der Waals surface area contributed by atoms with Crippen LogP contribution in [0.5, 0.6) is 5.75 Å². The molecule has 0 spiro atoms. The van der Waals surface area contributed by atoms with Crippen molar-refractivity contribution in [2.75, 3.05) is 6.61 Å². The second-order valence-electron chi connectivity index (χ2n) is 3.11. The van der Waals surface area contributed by atoms with E-state index in [9.17, 15) is 4.79 Å². The van der Waals surface area contributed by atoms with Gasteiger partial charge in [-0.3, -0.25) is 4.79 Å². The van der Waals surface area contributed by atoms with Crippen LogP contribution in [-0.2, 0) is 4.79 Å². The van der Waals surface area contributed by atoms with E-state index in [0.717, 1.165) is 0 Å². The van der Waals surface area contributed by atoms with Crippen molar-refractivity contribution in [3.05, 3.63) is 35.7 Å². The molecule has 2 N–H and O–H groups in total. The quantitative estimate of drug-likeness (QED) is 0.780. The SMILES string of the molecule is [CH]c1ccc(Cl)c(OCCCC(N)=O)c1. The fourth-order valence-corrected chi connectivity index (χ4v) is 1.23. The molecule has 1 amide bonds. The minimum Gasteiger partial charge on any atom is -0.492 e. The van der Waals surface area contributed by atoms with Crippen LogP contribution in [0, 0.1) is 6.92 Å². The summed E-state index contributed by atoms with van der Waals surface area (Å²) < 4.78 is 5.35. The summed E-state index contributed by atoms with van der Waals surface area (Å²) in [5.41, 5.74) is 5.57. The molecule has 4 heteroatoms. The fourth-order valence-electron chi connectivity index (χ4n) is 1.06. The summed E-state index contributed by atoms with van der Waals surface area (Å²) >= 11 is 5.87. The molecule has 0 heterocycles. The number of amides is 1. The molecular formula is C11H12ClNO2. The molecule has 0 unspecified atom stereocenters.